The van der Waals surface area contributed by atoms with Crippen LogP contribution in [0.1, 0.15) is 32.9 Å². The minimum Gasteiger partial charge on any atom is -0.476 e. The molecule has 0 aliphatic rings. The molecule has 21 heavy (non-hydrogen) atoms. The molecular formula is C14H15N3O4. The summed E-state index contributed by atoms with van der Waals surface area (Å²) in [6, 6.07) is 5.81. The quantitative estimate of drug-likeness (QED) is 0.688. The highest BCUT2D eigenvalue weighted by Crippen LogP contribution is 2.23. The predicted molar refractivity (Wildman–Crippen MR) is 75.6 cm³/mol. The van der Waals surface area contributed by atoms with Gasteiger partial charge in [0.25, 0.3) is 0 Å². The van der Waals surface area contributed by atoms with Gasteiger partial charge in [-0.3, -0.25) is 14.8 Å². The molecule has 0 saturated heterocycles. The number of aryl methyl sites for hydroxylation is 2. The first kappa shape index (κ1) is 14.7. The average molecular weight is 289 g/mol. The van der Waals surface area contributed by atoms with Gasteiger partial charge in [-0.25, -0.2) is 4.79 Å². The molecule has 2 rings (SSSR count). The van der Waals surface area contributed by atoms with E-state index < -0.39 is 22.3 Å². The third kappa shape index (κ3) is 2.76. The predicted octanol–water partition coefficient (Wildman–Crippen LogP) is 2.46. The van der Waals surface area contributed by atoms with Crippen molar-refractivity contribution < 1.29 is 14.8 Å². The Balaban J connectivity index is 2.45. The fraction of sp³-hybridized carbons (Fsp3) is 0.286. The molecule has 110 valence electrons. The van der Waals surface area contributed by atoms with Gasteiger partial charge in [-0.15, -0.1) is 0 Å². The summed E-state index contributed by atoms with van der Waals surface area (Å²) < 4.78 is 1.35. The number of nitrogens with zero attached hydrogens (tertiary/aromatic N) is 3. The normalized spacial score (nSPS) is 10.6. The van der Waals surface area contributed by atoms with E-state index in [4.69, 9.17) is 5.11 Å². The van der Waals surface area contributed by atoms with E-state index >= 15 is 0 Å². The van der Waals surface area contributed by atoms with Crippen LogP contribution in [0.25, 0.3) is 0 Å². The molecule has 0 bridgehead atoms. The molecule has 0 atom stereocenters. The third-order valence-electron chi connectivity index (χ3n) is 3.46. The van der Waals surface area contributed by atoms with E-state index in [1.54, 1.807) is 0 Å². The molecule has 7 heteroatoms. The minimum absolute atomic E-state index is 0.232. The largest absolute Gasteiger partial charge is 0.476 e. The molecule has 0 aliphatic carbocycles. The zero-order valence-corrected chi connectivity index (χ0v) is 12.0. The van der Waals surface area contributed by atoms with Gasteiger partial charge in [-0.1, -0.05) is 18.2 Å². The summed E-state index contributed by atoms with van der Waals surface area (Å²) in [5.74, 6) is -1.40. The van der Waals surface area contributed by atoms with Gasteiger partial charge in [0, 0.05) is 0 Å². The van der Waals surface area contributed by atoms with Crippen molar-refractivity contribution in [1.29, 1.82) is 0 Å². The Hall–Kier alpha value is -2.70. The van der Waals surface area contributed by atoms with Gasteiger partial charge in [-0.05, 0) is 37.5 Å². The molecule has 0 aliphatic heterocycles. The number of benzene rings is 1. The number of carboxylic acid groups (broad SMARTS) is 1. The number of hydrogen-bond donors (Lipinski definition) is 1. The summed E-state index contributed by atoms with van der Waals surface area (Å²) in [6.07, 6.45) is 0. The van der Waals surface area contributed by atoms with Crippen LogP contribution in [0.15, 0.2) is 18.2 Å². The van der Waals surface area contributed by atoms with Gasteiger partial charge >= 0.3 is 11.7 Å². The molecule has 0 radical (unpaired) electrons. The summed E-state index contributed by atoms with van der Waals surface area (Å²) in [4.78, 5) is 21.4. The molecule has 0 spiro atoms. The van der Waals surface area contributed by atoms with Crippen LogP contribution in [-0.2, 0) is 6.54 Å². The standard InChI is InChI=1S/C14H15N3O4/c1-8-4-5-11(6-9(8)2)7-16-10(3)13(17(20)21)12(15-16)14(18)19/h4-6H,7H2,1-3H3,(H,18,19). The monoisotopic (exact) mass is 289 g/mol. The van der Waals surface area contributed by atoms with Crippen molar-refractivity contribution in [3.8, 4) is 0 Å². The summed E-state index contributed by atoms with van der Waals surface area (Å²) in [5, 5.41) is 23.9. The van der Waals surface area contributed by atoms with Crippen molar-refractivity contribution in [2.75, 3.05) is 0 Å². The van der Waals surface area contributed by atoms with Crippen LogP contribution in [0.2, 0.25) is 0 Å². The van der Waals surface area contributed by atoms with E-state index in [0.29, 0.717) is 6.54 Å². The molecule has 0 fully saturated rings. The average Bonchev–Trinajstić information content (AvgIpc) is 2.72. The first-order chi connectivity index (χ1) is 9.81. The maximum absolute atomic E-state index is 11.1. The lowest BCUT2D eigenvalue weighted by Gasteiger charge is -2.06. The number of nitro groups is 1. The Morgan fingerprint density at radius 2 is 2.00 bits per heavy atom. The summed E-state index contributed by atoms with van der Waals surface area (Å²) in [7, 11) is 0. The van der Waals surface area contributed by atoms with E-state index in [0.717, 1.165) is 16.7 Å². The molecule has 0 saturated carbocycles. The molecule has 2 aromatic rings. The van der Waals surface area contributed by atoms with Crippen LogP contribution in [0.5, 0.6) is 0 Å². The summed E-state index contributed by atoms with van der Waals surface area (Å²) in [5.41, 5.74) is 2.41. The van der Waals surface area contributed by atoms with Crippen LogP contribution in [-0.4, -0.2) is 25.8 Å². The van der Waals surface area contributed by atoms with E-state index in [-0.39, 0.29) is 5.69 Å². The number of rotatable bonds is 4. The molecule has 0 amide bonds. The van der Waals surface area contributed by atoms with Crippen molar-refractivity contribution in [2.45, 2.75) is 27.3 Å². The van der Waals surface area contributed by atoms with E-state index in [2.05, 4.69) is 5.10 Å². The van der Waals surface area contributed by atoms with Crippen molar-refractivity contribution in [3.05, 3.63) is 56.4 Å². The highest BCUT2D eigenvalue weighted by Gasteiger charge is 2.29. The molecule has 7 nitrogen and oxygen atoms in total. The maximum atomic E-state index is 11.1. The Bertz CT molecular complexity index is 734. The Labute approximate surface area is 121 Å². The van der Waals surface area contributed by atoms with Crippen LogP contribution in [0.4, 0.5) is 5.69 Å². The molecule has 1 aromatic carbocycles. The first-order valence-electron chi connectivity index (χ1n) is 6.32. The topological polar surface area (TPSA) is 98.3 Å². The van der Waals surface area contributed by atoms with Crippen molar-refractivity contribution in [3.63, 3.8) is 0 Å². The summed E-state index contributed by atoms with van der Waals surface area (Å²) >= 11 is 0. The highest BCUT2D eigenvalue weighted by molar-refractivity contribution is 5.90. The van der Waals surface area contributed by atoms with Gasteiger partial charge in [-0.2, -0.15) is 5.10 Å². The number of hydrogen-bond acceptors (Lipinski definition) is 4. The smallest absolute Gasteiger partial charge is 0.363 e. The van der Waals surface area contributed by atoms with E-state index in [9.17, 15) is 14.9 Å². The molecule has 1 N–H and O–H groups in total. The second kappa shape index (κ2) is 5.35. The van der Waals surface area contributed by atoms with Crippen LogP contribution >= 0.6 is 0 Å². The van der Waals surface area contributed by atoms with Crippen LogP contribution in [0, 0.1) is 30.9 Å². The van der Waals surface area contributed by atoms with Gasteiger partial charge < -0.3 is 5.11 Å². The number of carbonyl (C=O) groups is 1. The van der Waals surface area contributed by atoms with Gasteiger partial charge in [0.2, 0.25) is 5.69 Å². The fourth-order valence-electron chi connectivity index (χ4n) is 2.13. The van der Waals surface area contributed by atoms with Crippen molar-refractivity contribution in [2.24, 2.45) is 0 Å². The molecule has 1 heterocycles. The van der Waals surface area contributed by atoms with Gasteiger partial charge in [0.05, 0.1) is 11.5 Å². The number of aromatic carboxylic acids is 1. The van der Waals surface area contributed by atoms with Gasteiger partial charge in [0.1, 0.15) is 5.69 Å². The number of carboxylic acids is 1. The minimum atomic E-state index is -1.40. The second-order valence-corrected chi connectivity index (χ2v) is 4.92. The number of aromatic nitrogens is 2. The van der Waals surface area contributed by atoms with Crippen molar-refractivity contribution >= 4 is 11.7 Å². The Morgan fingerprint density at radius 1 is 1.33 bits per heavy atom. The van der Waals surface area contributed by atoms with Gasteiger partial charge in [0.15, 0.2) is 0 Å². The molecular weight excluding hydrogens is 274 g/mol. The van der Waals surface area contributed by atoms with Crippen LogP contribution < -0.4 is 0 Å². The highest BCUT2D eigenvalue weighted by atomic mass is 16.6. The van der Waals surface area contributed by atoms with Crippen molar-refractivity contribution in [1.82, 2.24) is 9.78 Å². The molecule has 0 unspecified atom stereocenters. The maximum Gasteiger partial charge on any atom is 0.363 e. The zero-order chi connectivity index (χ0) is 15.7. The first-order valence-corrected chi connectivity index (χ1v) is 6.32. The Morgan fingerprint density at radius 3 is 2.48 bits per heavy atom. The van der Waals surface area contributed by atoms with Crippen LogP contribution in [0.3, 0.4) is 0 Å². The lowest BCUT2D eigenvalue weighted by molar-refractivity contribution is -0.385. The fourth-order valence-corrected chi connectivity index (χ4v) is 2.13. The summed E-state index contributed by atoms with van der Waals surface area (Å²) in [6.45, 7) is 5.76. The van der Waals surface area contributed by atoms with E-state index in [1.807, 2.05) is 32.0 Å². The lowest BCUT2D eigenvalue weighted by Crippen LogP contribution is -2.06. The lowest BCUT2D eigenvalue weighted by atomic mass is 10.1. The third-order valence-corrected chi connectivity index (χ3v) is 3.46. The SMILES string of the molecule is Cc1ccc(Cn2nc(C(=O)O)c([N+](=O)[O-])c2C)cc1C. The van der Waals surface area contributed by atoms with E-state index in [1.165, 1.54) is 11.6 Å². The second-order valence-electron chi connectivity index (χ2n) is 4.92. The Kier molecular flexibility index (Phi) is 3.75. The molecule has 1 aromatic heterocycles. The zero-order valence-electron chi connectivity index (χ0n) is 12.0.